The number of halogens is 4. The molecular formula is C13H17F4NO. The molecule has 0 aliphatic heterocycles. The summed E-state index contributed by atoms with van der Waals surface area (Å²) in [4.78, 5) is 0. The van der Waals surface area contributed by atoms with E-state index in [0.717, 1.165) is 18.7 Å². The van der Waals surface area contributed by atoms with Gasteiger partial charge in [-0.05, 0) is 17.7 Å². The van der Waals surface area contributed by atoms with Gasteiger partial charge in [0.15, 0.2) is 0 Å². The molecule has 0 aromatic heterocycles. The van der Waals surface area contributed by atoms with Gasteiger partial charge in [-0.15, -0.1) is 0 Å². The zero-order valence-corrected chi connectivity index (χ0v) is 10.6. The molecule has 0 radical (unpaired) electrons. The zero-order chi connectivity index (χ0) is 14.3. The predicted molar refractivity (Wildman–Crippen MR) is 64.4 cm³/mol. The molecule has 0 saturated carbocycles. The molecule has 19 heavy (non-hydrogen) atoms. The molecule has 108 valence electrons. The van der Waals surface area contributed by atoms with Crippen LogP contribution in [0.2, 0.25) is 0 Å². The van der Waals surface area contributed by atoms with E-state index in [1.165, 1.54) is 0 Å². The van der Waals surface area contributed by atoms with Crippen LogP contribution in [0.4, 0.5) is 17.6 Å². The Morgan fingerprint density at radius 2 is 1.74 bits per heavy atom. The molecule has 0 spiro atoms. The van der Waals surface area contributed by atoms with Crippen LogP contribution in [0.25, 0.3) is 0 Å². The molecule has 0 unspecified atom stereocenters. The minimum Gasteiger partial charge on any atom is -0.370 e. The largest absolute Gasteiger partial charge is 0.370 e. The first-order valence-electron chi connectivity index (χ1n) is 5.98. The first-order valence-corrected chi connectivity index (χ1v) is 5.98. The number of benzene rings is 1. The summed E-state index contributed by atoms with van der Waals surface area (Å²) >= 11 is 0. The fourth-order valence-electron chi connectivity index (χ4n) is 1.39. The molecule has 0 bridgehead atoms. The summed E-state index contributed by atoms with van der Waals surface area (Å²) in [6.45, 7) is 2.19. The van der Waals surface area contributed by atoms with Gasteiger partial charge in [0, 0.05) is 6.54 Å². The van der Waals surface area contributed by atoms with Crippen LogP contribution in [-0.2, 0) is 17.9 Å². The van der Waals surface area contributed by atoms with Crippen molar-refractivity contribution < 1.29 is 22.3 Å². The summed E-state index contributed by atoms with van der Waals surface area (Å²) in [6, 6.07) is 7.14. The highest BCUT2D eigenvalue weighted by atomic mass is 19.3. The van der Waals surface area contributed by atoms with Crippen LogP contribution in [0.15, 0.2) is 24.3 Å². The van der Waals surface area contributed by atoms with Crippen molar-refractivity contribution in [1.29, 1.82) is 0 Å². The summed E-state index contributed by atoms with van der Waals surface area (Å²) in [5, 5.41) is 3.15. The topological polar surface area (TPSA) is 21.3 Å². The maximum atomic E-state index is 12.6. The quantitative estimate of drug-likeness (QED) is 0.738. The van der Waals surface area contributed by atoms with Gasteiger partial charge in [-0.1, -0.05) is 31.2 Å². The molecule has 1 aromatic carbocycles. The van der Waals surface area contributed by atoms with Crippen LogP contribution >= 0.6 is 0 Å². The van der Waals surface area contributed by atoms with Gasteiger partial charge in [-0.2, -0.15) is 8.78 Å². The first kappa shape index (κ1) is 15.9. The van der Waals surface area contributed by atoms with Gasteiger partial charge >= 0.3 is 12.3 Å². The number of alkyl halides is 4. The molecule has 0 aliphatic rings. The fraction of sp³-hybridized carbons (Fsp3) is 0.538. The van der Waals surface area contributed by atoms with Crippen LogP contribution in [0.3, 0.4) is 0 Å². The molecule has 0 aliphatic carbocycles. The van der Waals surface area contributed by atoms with Crippen LogP contribution in [0.1, 0.15) is 18.1 Å². The summed E-state index contributed by atoms with van der Waals surface area (Å²) < 4.78 is 53.5. The van der Waals surface area contributed by atoms with Crippen molar-refractivity contribution in [3.8, 4) is 0 Å². The standard InChI is InChI=1S/C13H17F4NO/c1-2-18-7-10-3-5-11(6-4-10)8-19-9-13(16,17)12(14)15/h3-6,12,18H,2,7-9H2,1H3. The van der Waals surface area contributed by atoms with Crippen molar-refractivity contribution in [2.75, 3.05) is 13.2 Å². The van der Waals surface area contributed by atoms with Gasteiger partial charge in [-0.3, -0.25) is 0 Å². The summed E-state index contributed by atoms with van der Waals surface area (Å²) in [5.74, 6) is -4.09. The second-order valence-electron chi connectivity index (χ2n) is 4.15. The average molecular weight is 279 g/mol. The minimum atomic E-state index is -4.09. The van der Waals surface area contributed by atoms with E-state index in [4.69, 9.17) is 0 Å². The predicted octanol–water partition coefficient (Wildman–Crippen LogP) is 3.21. The fourth-order valence-corrected chi connectivity index (χ4v) is 1.39. The minimum absolute atomic E-state index is 0.107. The van der Waals surface area contributed by atoms with Crippen molar-refractivity contribution in [3.05, 3.63) is 35.4 Å². The van der Waals surface area contributed by atoms with Crippen LogP contribution in [0.5, 0.6) is 0 Å². The third-order valence-corrected chi connectivity index (χ3v) is 2.48. The molecule has 0 amide bonds. The Morgan fingerprint density at radius 1 is 1.16 bits per heavy atom. The second-order valence-corrected chi connectivity index (χ2v) is 4.15. The lowest BCUT2D eigenvalue weighted by Gasteiger charge is -2.15. The third kappa shape index (κ3) is 5.57. The van der Waals surface area contributed by atoms with Gasteiger partial charge in [0.2, 0.25) is 0 Å². The smallest absolute Gasteiger partial charge is 0.330 e. The van der Waals surface area contributed by atoms with Gasteiger partial charge in [-0.25, -0.2) is 8.78 Å². The third-order valence-electron chi connectivity index (χ3n) is 2.48. The van der Waals surface area contributed by atoms with Gasteiger partial charge in [0.1, 0.15) is 6.61 Å². The van der Waals surface area contributed by atoms with Gasteiger partial charge in [0.05, 0.1) is 6.61 Å². The lowest BCUT2D eigenvalue weighted by atomic mass is 10.1. The number of hydrogen-bond donors (Lipinski definition) is 1. The first-order chi connectivity index (χ1) is 8.95. The molecule has 0 atom stereocenters. The average Bonchev–Trinajstić information content (AvgIpc) is 2.37. The van der Waals surface area contributed by atoms with E-state index in [9.17, 15) is 17.6 Å². The van der Waals surface area contributed by atoms with E-state index in [1.54, 1.807) is 12.1 Å². The van der Waals surface area contributed by atoms with Crippen LogP contribution in [-0.4, -0.2) is 25.5 Å². The maximum absolute atomic E-state index is 12.6. The molecule has 0 heterocycles. The highest BCUT2D eigenvalue weighted by Gasteiger charge is 2.40. The normalized spacial score (nSPS) is 12.1. The lowest BCUT2D eigenvalue weighted by Crippen LogP contribution is -2.32. The summed E-state index contributed by atoms with van der Waals surface area (Å²) in [6.07, 6.45) is -3.70. The number of nitrogens with one attached hydrogen (secondary N) is 1. The maximum Gasteiger partial charge on any atom is 0.330 e. The molecule has 0 fully saturated rings. The number of rotatable bonds is 8. The Bertz CT molecular complexity index is 367. The second kappa shape index (κ2) is 7.45. The molecule has 1 N–H and O–H groups in total. The molecular weight excluding hydrogens is 262 g/mol. The van der Waals surface area contributed by atoms with Crippen molar-refractivity contribution in [2.45, 2.75) is 32.4 Å². The van der Waals surface area contributed by atoms with E-state index in [1.807, 2.05) is 19.1 Å². The van der Waals surface area contributed by atoms with Crippen LogP contribution in [0, 0.1) is 0 Å². The number of hydrogen-bond acceptors (Lipinski definition) is 2. The monoisotopic (exact) mass is 279 g/mol. The van der Waals surface area contributed by atoms with E-state index < -0.39 is 19.0 Å². The van der Waals surface area contributed by atoms with Gasteiger partial charge in [0.25, 0.3) is 0 Å². The Kier molecular flexibility index (Phi) is 6.24. The molecule has 0 saturated heterocycles. The lowest BCUT2D eigenvalue weighted by molar-refractivity contribution is -0.168. The van der Waals surface area contributed by atoms with Crippen molar-refractivity contribution in [2.24, 2.45) is 0 Å². The molecule has 2 nitrogen and oxygen atoms in total. The Balaban J connectivity index is 2.38. The van der Waals surface area contributed by atoms with Crippen molar-refractivity contribution in [3.63, 3.8) is 0 Å². The summed E-state index contributed by atoms with van der Waals surface area (Å²) in [7, 11) is 0. The molecule has 1 rings (SSSR count). The molecule has 1 aromatic rings. The van der Waals surface area contributed by atoms with E-state index in [2.05, 4.69) is 10.1 Å². The summed E-state index contributed by atoms with van der Waals surface area (Å²) in [5.41, 5.74) is 1.73. The van der Waals surface area contributed by atoms with Crippen molar-refractivity contribution >= 4 is 0 Å². The Labute approximate surface area is 109 Å². The molecule has 6 heteroatoms. The van der Waals surface area contributed by atoms with Crippen LogP contribution < -0.4 is 5.32 Å². The highest BCUT2D eigenvalue weighted by molar-refractivity contribution is 5.21. The SMILES string of the molecule is CCNCc1ccc(COCC(F)(F)C(F)F)cc1. The number of ether oxygens (including phenoxy) is 1. The van der Waals surface area contributed by atoms with Gasteiger partial charge < -0.3 is 10.1 Å². The van der Waals surface area contributed by atoms with E-state index >= 15 is 0 Å². The highest BCUT2D eigenvalue weighted by Crippen LogP contribution is 2.23. The van der Waals surface area contributed by atoms with E-state index in [-0.39, 0.29) is 6.61 Å². The zero-order valence-electron chi connectivity index (χ0n) is 10.6. The van der Waals surface area contributed by atoms with Crippen molar-refractivity contribution in [1.82, 2.24) is 5.32 Å². The van der Waals surface area contributed by atoms with E-state index in [0.29, 0.717) is 5.56 Å². The Morgan fingerprint density at radius 3 is 2.26 bits per heavy atom. The Hall–Kier alpha value is -1.14.